The van der Waals surface area contributed by atoms with Crippen LogP contribution in [0.3, 0.4) is 0 Å². The molecule has 1 fully saturated rings. The normalized spacial score (nSPS) is 20.9. The number of hydrogen-bond donors (Lipinski definition) is 2. The van der Waals surface area contributed by atoms with Crippen molar-refractivity contribution in [1.82, 2.24) is 20.0 Å². The van der Waals surface area contributed by atoms with Gasteiger partial charge in [0.05, 0.1) is 24.1 Å². The summed E-state index contributed by atoms with van der Waals surface area (Å²) in [6.45, 7) is 6.09. The second-order valence-electron chi connectivity index (χ2n) is 6.24. The molecule has 2 heterocycles. The van der Waals surface area contributed by atoms with E-state index in [1.807, 2.05) is 20.9 Å². The highest BCUT2D eigenvalue weighted by molar-refractivity contribution is 5.90. The Bertz CT molecular complexity index is 550. The maximum atomic E-state index is 12.4. The van der Waals surface area contributed by atoms with Crippen LogP contribution in [-0.2, 0) is 20.9 Å². The number of ether oxygens (including phenoxy) is 1. The van der Waals surface area contributed by atoms with Crippen LogP contribution in [0.1, 0.15) is 26.7 Å². The van der Waals surface area contributed by atoms with Crippen LogP contribution in [0.15, 0.2) is 12.4 Å². The fourth-order valence-corrected chi connectivity index (χ4v) is 2.78. The number of amides is 2. The van der Waals surface area contributed by atoms with Gasteiger partial charge in [0.15, 0.2) is 0 Å². The average Bonchev–Trinajstić information content (AvgIpc) is 2.93. The zero-order valence-electron chi connectivity index (χ0n) is 14.6. The highest BCUT2D eigenvalue weighted by Crippen LogP contribution is 2.12. The summed E-state index contributed by atoms with van der Waals surface area (Å²) in [6, 6.07) is 0. The summed E-state index contributed by atoms with van der Waals surface area (Å²) in [7, 11) is 1.86. The average molecular weight is 337 g/mol. The summed E-state index contributed by atoms with van der Waals surface area (Å²) in [4.78, 5) is 26.0. The van der Waals surface area contributed by atoms with Crippen LogP contribution < -0.4 is 10.6 Å². The van der Waals surface area contributed by atoms with E-state index in [1.54, 1.807) is 22.0 Å². The van der Waals surface area contributed by atoms with Crippen LogP contribution in [0.4, 0.5) is 5.69 Å². The van der Waals surface area contributed by atoms with Crippen molar-refractivity contribution in [2.45, 2.75) is 45.4 Å². The van der Waals surface area contributed by atoms with Crippen molar-refractivity contribution in [3.63, 3.8) is 0 Å². The SMILES string of the molecule is CNCCCC(=O)Nc1cnn(CC(=O)N2CC(C)OC(C)C2)c1. The van der Waals surface area contributed by atoms with Crippen LogP contribution in [-0.4, -0.2) is 65.4 Å². The maximum absolute atomic E-state index is 12.4. The molecule has 1 saturated heterocycles. The molecule has 2 unspecified atom stereocenters. The van der Waals surface area contributed by atoms with Gasteiger partial charge in [0.1, 0.15) is 6.54 Å². The summed E-state index contributed by atoms with van der Waals surface area (Å²) >= 11 is 0. The van der Waals surface area contributed by atoms with Gasteiger partial charge in [-0.25, -0.2) is 0 Å². The number of nitrogens with one attached hydrogen (secondary N) is 2. The van der Waals surface area contributed by atoms with Gasteiger partial charge >= 0.3 is 0 Å². The summed E-state index contributed by atoms with van der Waals surface area (Å²) in [6.07, 6.45) is 4.57. The van der Waals surface area contributed by atoms with Gasteiger partial charge in [-0.05, 0) is 33.9 Å². The number of anilines is 1. The van der Waals surface area contributed by atoms with Crippen molar-refractivity contribution in [1.29, 1.82) is 0 Å². The fraction of sp³-hybridized carbons (Fsp3) is 0.688. The molecule has 0 radical (unpaired) electrons. The molecule has 2 amide bonds. The molecule has 8 heteroatoms. The van der Waals surface area contributed by atoms with Crippen LogP contribution in [0.5, 0.6) is 0 Å². The molecule has 0 saturated carbocycles. The predicted molar refractivity (Wildman–Crippen MR) is 90.6 cm³/mol. The van der Waals surface area contributed by atoms with Gasteiger partial charge in [-0.15, -0.1) is 0 Å². The van der Waals surface area contributed by atoms with Crippen LogP contribution in [0.2, 0.25) is 0 Å². The van der Waals surface area contributed by atoms with E-state index < -0.39 is 0 Å². The van der Waals surface area contributed by atoms with Crippen molar-refractivity contribution in [2.24, 2.45) is 0 Å². The van der Waals surface area contributed by atoms with Crippen LogP contribution >= 0.6 is 0 Å². The second kappa shape index (κ2) is 8.79. The highest BCUT2D eigenvalue weighted by Gasteiger charge is 2.25. The monoisotopic (exact) mass is 337 g/mol. The van der Waals surface area contributed by atoms with E-state index in [1.165, 1.54) is 0 Å². The number of carbonyl (C=O) groups excluding carboxylic acids is 2. The van der Waals surface area contributed by atoms with E-state index >= 15 is 0 Å². The standard InChI is InChI=1S/C16H27N5O3/c1-12-8-20(9-13(2)24-12)16(23)11-21-10-14(7-18-21)19-15(22)5-4-6-17-3/h7,10,12-13,17H,4-6,8-9,11H2,1-3H3,(H,19,22). The first-order valence-electron chi connectivity index (χ1n) is 8.38. The van der Waals surface area contributed by atoms with E-state index in [0.717, 1.165) is 13.0 Å². The molecular weight excluding hydrogens is 310 g/mol. The van der Waals surface area contributed by atoms with Gasteiger partial charge in [-0.1, -0.05) is 0 Å². The van der Waals surface area contributed by atoms with Crippen molar-refractivity contribution in [3.05, 3.63) is 12.4 Å². The lowest BCUT2D eigenvalue weighted by Gasteiger charge is -2.35. The van der Waals surface area contributed by atoms with Crippen molar-refractivity contribution in [2.75, 3.05) is 32.0 Å². The van der Waals surface area contributed by atoms with Crippen LogP contribution in [0, 0.1) is 0 Å². The van der Waals surface area contributed by atoms with E-state index in [2.05, 4.69) is 15.7 Å². The molecule has 0 aromatic carbocycles. The minimum absolute atomic E-state index is 0.00648. The first-order chi connectivity index (χ1) is 11.5. The quantitative estimate of drug-likeness (QED) is 0.706. The first-order valence-corrected chi connectivity index (χ1v) is 8.38. The third-order valence-corrected chi connectivity index (χ3v) is 3.82. The molecule has 0 spiro atoms. The molecule has 1 aromatic heterocycles. The number of rotatable bonds is 7. The largest absolute Gasteiger partial charge is 0.372 e. The van der Waals surface area contributed by atoms with Crippen molar-refractivity contribution in [3.8, 4) is 0 Å². The van der Waals surface area contributed by atoms with E-state index in [4.69, 9.17) is 4.74 Å². The third-order valence-electron chi connectivity index (χ3n) is 3.82. The molecule has 2 N–H and O–H groups in total. The lowest BCUT2D eigenvalue weighted by molar-refractivity contribution is -0.144. The third kappa shape index (κ3) is 5.61. The van der Waals surface area contributed by atoms with Crippen molar-refractivity contribution < 1.29 is 14.3 Å². The van der Waals surface area contributed by atoms with Gasteiger partial charge in [-0.2, -0.15) is 5.10 Å². The summed E-state index contributed by atoms with van der Waals surface area (Å²) in [5.41, 5.74) is 0.612. The summed E-state index contributed by atoms with van der Waals surface area (Å²) < 4.78 is 7.19. The molecule has 1 aliphatic rings. The van der Waals surface area contributed by atoms with Gasteiger partial charge in [0, 0.05) is 25.7 Å². The number of hydrogen-bond acceptors (Lipinski definition) is 5. The Kier molecular flexibility index (Phi) is 6.74. The van der Waals surface area contributed by atoms with Crippen molar-refractivity contribution >= 4 is 17.5 Å². The zero-order valence-corrected chi connectivity index (χ0v) is 14.6. The lowest BCUT2D eigenvalue weighted by Crippen LogP contribution is -2.49. The summed E-state index contributed by atoms with van der Waals surface area (Å²) in [5.74, 6) is -0.0426. The van der Waals surface area contributed by atoms with Gasteiger partial charge < -0.3 is 20.3 Å². The second-order valence-corrected chi connectivity index (χ2v) is 6.24. The molecule has 1 aromatic rings. The fourth-order valence-electron chi connectivity index (χ4n) is 2.78. The number of nitrogens with zero attached hydrogens (tertiary/aromatic N) is 3. The Labute approximate surface area is 142 Å². The Balaban J connectivity index is 1.82. The van der Waals surface area contributed by atoms with E-state index in [0.29, 0.717) is 25.2 Å². The molecule has 24 heavy (non-hydrogen) atoms. The molecular formula is C16H27N5O3. The highest BCUT2D eigenvalue weighted by atomic mass is 16.5. The number of morpholine rings is 1. The molecule has 2 rings (SSSR count). The van der Waals surface area contributed by atoms with E-state index in [-0.39, 0.29) is 30.6 Å². The lowest BCUT2D eigenvalue weighted by atomic mass is 10.2. The minimum atomic E-state index is -0.0491. The van der Waals surface area contributed by atoms with Gasteiger partial charge in [0.25, 0.3) is 0 Å². The first kappa shape index (κ1) is 18.4. The molecule has 1 aliphatic heterocycles. The Morgan fingerprint density at radius 1 is 1.33 bits per heavy atom. The topological polar surface area (TPSA) is 88.5 Å². The molecule has 134 valence electrons. The number of aromatic nitrogens is 2. The zero-order chi connectivity index (χ0) is 17.5. The Morgan fingerprint density at radius 2 is 2.04 bits per heavy atom. The van der Waals surface area contributed by atoms with E-state index in [9.17, 15) is 9.59 Å². The number of carbonyl (C=O) groups is 2. The van der Waals surface area contributed by atoms with Gasteiger partial charge in [-0.3, -0.25) is 14.3 Å². The maximum Gasteiger partial charge on any atom is 0.244 e. The molecule has 0 bridgehead atoms. The van der Waals surface area contributed by atoms with Gasteiger partial charge in [0.2, 0.25) is 11.8 Å². The smallest absolute Gasteiger partial charge is 0.244 e. The minimum Gasteiger partial charge on any atom is -0.372 e. The molecule has 0 aliphatic carbocycles. The predicted octanol–water partition coefficient (Wildman–Crippen LogP) is 0.457. The Morgan fingerprint density at radius 3 is 2.71 bits per heavy atom. The molecule has 2 atom stereocenters. The van der Waals surface area contributed by atoms with Crippen LogP contribution in [0.25, 0.3) is 0 Å². The Hall–Kier alpha value is -1.93. The summed E-state index contributed by atoms with van der Waals surface area (Å²) in [5, 5.41) is 9.95. The molecule has 8 nitrogen and oxygen atoms in total.